The molecule has 0 radical (unpaired) electrons. The van der Waals surface area contributed by atoms with E-state index in [9.17, 15) is 9.90 Å². The van der Waals surface area contributed by atoms with Gasteiger partial charge in [0, 0.05) is 11.6 Å². The van der Waals surface area contributed by atoms with Gasteiger partial charge in [0.1, 0.15) is 24.5 Å². The SMILES string of the molecule is COC(=O)C(C)NCC(O)COc1ccc(Cl)c(C)c1. The fraction of sp³-hybridized carbons (Fsp3) is 0.500. The van der Waals surface area contributed by atoms with Gasteiger partial charge >= 0.3 is 5.97 Å². The number of methoxy groups -OCH3 is 1. The predicted molar refractivity (Wildman–Crippen MR) is 77.2 cm³/mol. The Kier molecular flexibility index (Phi) is 6.78. The standard InChI is InChI=1S/C14H20ClNO4/c1-9-6-12(4-5-13(9)15)20-8-11(17)7-16-10(2)14(18)19-3/h4-6,10-11,16-17H,7-8H2,1-3H3. The first kappa shape index (κ1) is 16.8. The van der Waals surface area contributed by atoms with Gasteiger partial charge in [0.05, 0.1) is 7.11 Å². The highest BCUT2D eigenvalue weighted by molar-refractivity contribution is 6.31. The van der Waals surface area contributed by atoms with Crippen molar-refractivity contribution in [2.75, 3.05) is 20.3 Å². The summed E-state index contributed by atoms with van der Waals surface area (Å²) in [6.07, 6.45) is -0.724. The number of aryl methyl sites for hydroxylation is 1. The van der Waals surface area contributed by atoms with Crippen LogP contribution in [-0.2, 0) is 9.53 Å². The molecule has 0 aromatic heterocycles. The summed E-state index contributed by atoms with van der Waals surface area (Å²) in [5.41, 5.74) is 0.913. The number of halogens is 1. The van der Waals surface area contributed by atoms with Gasteiger partial charge in [0.25, 0.3) is 0 Å². The fourth-order valence-electron chi connectivity index (χ4n) is 1.53. The average Bonchev–Trinajstić information content (AvgIpc) is 2.45. The molecule has 0 aliphatic carbocycles. The molecule has 0 spiro atoms. The molecular formula is C14H20ClNO4. The molecule has 0 aliphatic heterocycles. The number of ether oxygens (including phenoxy) is 2. The Balaban J connectivity index is 2.34. The number of benzene rings is 1. The molecule has 1 aromatic carbocycles. The molecule has 2 unspecified atom stereocenters. The first-order valence-corrected chi connectivity index (χ1v) is 6.70. The Hall–Kier alpha value is -1.30. The van der Waals surface area contributed by atoms with Crippen molar-refractivity contribution in [1.82, 2.24) is 5.32 Å². The van der Waals surface area contributed by atoms with Crippen LogP contribution in [0.25, 0.3) is 0 Å². The number of aliphatic hydroxyl groups is 1. The van der Waals surface area contributed by atoms with Crippen LogP contribution in [0.2, 0.25) is 5.02 Å². The van der Waals surface area contributed by atoms with Crippen LogP contribution in [0.1, 0.15) is 12.5 Å². The molecular weight excluding hydrogens is 282 g/mol. The van der Waals surface area contributed by atoms with E-state index >= 15 is 0 Å². The second-order valence-corrected chi connectivity index (χ2v) is 4.94. The third kappa shape index (κ3) is 5.36. The van der Waals surface area contributed by atoms with E-state index in [0.29, 0.717) is 10.8 Å². The van der Waals surface area contributed by atoms with Crippen molar-refractivity contribution in [1.29, 1.82) is 0 Å². The van der Waals surface area contributed by atoms with E-state index < -0.39 is 12.1 Å². The molecule has 6 heteroatoms. The van der Waals surface area contributed by atoms with Crippen LogP contribution >= 0.6 is 11.6 Å². The molecule has 2 N–H and O–H groups in total. The van der Waals surface area contributed by atoms with Crippen molar-refractivity contribution in [3.63, 3.8) is 0 Å². The molecule has 112 valence electrons. The second kappa shape index (κ2) is 8.09. The maximum Gasteiger partial charge on any atom is 0.322 e. The van der Waals surface area contributed by atoms with E-state index in [0.717, 1.165) is 5.56 Å². The van der Waals surface area contributed by atoms with E-state index in [-0.39, 0.29) is 19.1 Å². The largest absolute Gasteiger partial charge is 0.491 e. The number of aliphatic hydroxyl groups excluding tert-OH is 1. The quantitative estimate of drug-likeness (QED) is 0.748. The molecule has 0 heterocycles. The number of hydrogen-bond donors (Lipinski definition) is 2. The van der Waals surface area contributed by atoms with Gasteiger partial charge in [-0.25, -0.2) is 0 Å². The summed E-state index contributed by atoms with van der Waals surface area (Å²) in [6.45, 7) is 3.91. The average molecular weight is 302 g/mol. The summed E-state index contributed by atoms with van der Waals surface area (Å²) in [7, 11) is 1.32. The minimum absolute atomic E-state index is 0.127. The van der Waals surface area contributed by atoms with Gasteiger partial charge in [-0.1, -0.05) is 11.6 Å². The fourth-order valence-corrected chi connectivity index (χ4v) is 1.65. The number of nitrogens with one attached hydrogen (secondary N) is 1. The van der Waals surface area contributed by atoms with E-state index in [2.05, 4.69) is 10.1 Å². The van der Waals surface area contributed by atoms with Crippen LogP contribution in [0.4, 0.5) is 0 Å². The first-order valence-electron chi connectivity index (χ1n) is 6.32. The number of carbonyl (C=O) groups excluding carboxylic acids is 1. The summed E-state index contributed by atoms with van der Waals surface area (Å²) in [5.74, 6) is 0.276. The van der Waals surface area contributed by atoms with Gasteiger partial charge in [0.2, 0.25) is 0 Å². The third-order valence-electron chi connectivity index (χ3n) is 2.79. The van der Waals surface area contributed by atoms with E-state index in [1.54, 1.807) is 25.1 Å². The zero-order chi connectivity index (χ0) is 15.1. The van der Waals surface area contributed by atoms with Gasteiger partial charge < -0.3 is 19.9 Å². The third-order valence-corrected chi connectivity index (χ3v) is 3.21. The zero-order valence-corrected chi connectivity index (χ0v) is 12.6. The maximum absolute atomic E-state index is 11.2. The van der Waals surface area contributed by atoms with Crippen LogP contribution < -0.4 is 10.1 Å². The Labute approximate surface area is 123 Å². The molecule has 0 bridgehead atoms. The number of hydrogen-bond acceptors (Lipinski definition) is 5. The molecule has 20 heavy (non-hydrogen) atoms. The summed E-state index contributed by atoms with van der Waals surface area (Å²) in [6, 6.07) is 4.83. The highest BCUT2D eigenvalue weighted by Gasteiger charge is 2.14. The predicted octanol–water partition coefficient (Wildman–Crippen LogP) is 1.54. The normalized spacial score (nSPS) is 13.7. The molecule has 0 fully saturated rings. The topological polar surface area (TPSA) is 67.8 Å². The Bertz CT molecular complexity index is 453. The highest BCUT2D eigenvalue weighted by Crippen LogP contribution is 2.21. The summed E-state index contributed by atoms with van der Waals surface area (Å²) in [5, 5.41) is 13.3. The molecule has 0 saturated carbocycles. The lowest BCUT2D eigenvalue weighted by molar-refractivity contribution is -0.142. The Morgan fingerprint density at radius 3 is 2.80 bits per heavy atom. The van der Waals surface area contributed by atoms with Gasteiger partial charge in [-0.05, 0) is 37.6 Å². The van der Waals surface area contributed by atoms with Gasteiger partial charge in [-0.3, -0.25) is 4.79 Å². The Morgan fingerprint density at radius 2 is 2.20 bits per heavy atom. The van der Waals surface area contributed by atoms with Crippen molar-refractivity contribution in [2.24, 2.45) is 0 Å². The number of carbonyl (C=O) groups is 1. The van der Waals surface area contributed by atoms with Crippen molar-refractivity contribution >= 4 is 17.6 Å². The minimum Gasteiger partial charge on any atom is -0.491 e. The van der Waals surface area contributed by atoms with Crippen LogP contribution in [0.3, 0.4) is 0 Å². The smallest absolute Gasteiger partial charge is 0.322 e. The molecule has 0 aliphatic rings. The maximum atomic E-state index is 11.2. The molecule has 0 saturated heterocycles. The van der Waals surface area contributed by atoms with Crippen molar-refractivity contribution in [3.05, 3.63) is 28.8 Å². The number of rotatable bonds is 7. The van der Waals surface area contributed by atoms with Crippen molar-refractivity contribution < 1.29 is 19.4 Å². The van der Waals surface area contributed by atoms with E-state index in [1.165, 1.54) is 7.11 Å². The van der Waals surface area contributed by atoms with E-state index in [1.807, 2.05) is 6.92 Å². The minimum atomic E-state index is -0.724. The highest BCUT2D eigenvalue weighted by atomic mass is 35.5. The van der Waals surface area contributed by atoms with Gasteiger partial charge in [0.15, 0.2) is 0 Å². The summed E-state index contributed by atoms with van der Waals surface area (Å²) >= 11 is 5.91. The lowest BCUT2D eigenvalue weighted by atomic mass is 10.2. The monoisotopic (exact) mass is 301 g/mol. The van der Waals surface area contributed by atoms with Crippen LogP contribution in [0, 0.1) is 6.92 Å². The lowest BCUT2D eigenvalue weighted by Gasteiger charge is -2.16. The zero-order valence-electron chi connectivity index (χ0n) is 11.9. The second-order valence-electron chi connectivity index (χ2n) is 4.53. The van der Waals surface area contributed by atoms with Crippen LogP contribution in [0.15, 0.2) is 18.2 Å². The first-order chi connectivity index (χ1) is 9.43. The molecule has 2 atom stereocenters. The Morgan fingerprint density at radius 1 is 1.50 bits per heavy atom. The lowest BCUT2D eigenvalue weighted by Crippen LogP contribution is -2.41. The van der Waals surface area contributed by atoms with Gasteiger partial charge in [-0.15, -0.1) is 0 Å². The molecule has 1 rings (SSSR count). The van der Waals surface area contributed by atoms with Gasteiger partial charge in [-0.2, -0.15) is 0 Å². The van der Waals surface area contributed by atoms with E-state index in [4.69, 9.17) is 16.3 Å². The number of esters is 1. The van der Waals surface area contributed by atoms with Crippen molar-refractivity contribution in [2.45, 2.75) is 26.0 Å². The van der Waals surface area contributed by atoms with Crippen LogP contribution in [0.5, 0.6) is 5.75 Å². The van der Waals surface area contributed by atoms with Crippen molar-refractivity contribution in [3.8, 4) is 5.75 Å². The summed E-state index contributed by atoms with van der Waals surface area (Å²) < 4.78 is 10.0. The molecule has 1 aromatic rings. The van der Waals surface area contributed by atoms with Crippen LogP contribution in [-0.4, -0.2) is 43.5 Å². The summed E-state index contributed by atoms with van der Waals surface area (Å²) in [4.78, 5) is 11.2. The molecule has 0 amide bonds. The molecule has 5 nitrogen and oxygen atoms in total.